The zero-order chi connectivity index (χ0) is 72.5. The van der Waals surface area contributed by atoms with Crippen molar-refractivity contribution in [1.29, 1.82) is 0 Å². The van der Waals surface area contributed by atoms with E-state index in [0.29, 0.717) is 25.7 Å². The Morgan fingerprint density at radius 3 is 0.596 bits per heavy atom. The molecule has 0 aliphatic rings. The zero-order valence-electron chi connectivity index (χ0n) is 64.5. The number of carbonyl (C=O) groups is 4. The number of unbranched alkanes of at least 4 members (excludes halogenated alkanes) is 55. The van der Waals surface area contributed by atoms with E-state index in [0.717, 1.165) is 103 Å². The number of hydrogen-bond acceptors (Lipinski definition) is 15. The summed E-state index contributed by atoms with van der Waals surface area (Å²) in [6.07, 6.45) is 66.8. The van der Waals surface area contributed by atoms with E-state index in [1.807, 2.05) is 0 Å². The molecule has 0 fully saturated rings. The number of aliphatic hydroxyl groups is 1. The van der Waals surface area contributed by atoms with E-state index in [-0.39, 0.29) is 25.7 Å². The second-order valence-electron chi connectivity index (χ2n) is 28.8. The molecule has 19 heteroatoms. The molecule has 0 amide bonds. The maximum atomic E-state index is 13.1. The van der Waals surface area contributed by atoms with E-state index < -0.39 is 97.5 Å². The molecule has 0 heterocycles. The summed E-state index contributed by atoms with van der Waals surface area (Å²) >= 11 is 0. The van der Waals surface area contributed by atoms with Crippen molar-refractivity contribution in [2.75, 3.05) is 39.6 Å². The third kappa shape index (κ3) is 74.1. The maximum absolute atomic E-state index is 13.1. The number of esters is 4. The average molecular weight is 1450 g/mol. The fourth-order valence-electron chi connectivity index (χ4n) is 12.5. The monoisotopic (exact) mass is 1450 g/mol. The molecule has 0 aromatic heterocycles. The van der Waals surface area contributed by atoms with Gasteiger partial charge in [0.15, 0.2) is 12.2 Å². The summed E-state index contributed by atoms with van der Waals surface area (Å²) in [5.74, 6) is -2.11. The van der Waals surface area contributed by atoms with Crippen molar-refractivity contribution < 1.29 is 80.2 Å². The Morgan fingerprint density at radius 2 is 0.404 bits per heavy atom. The highest BCUT2D eigenvalue weighted by atomic mass is 31.2. The predicted molar refractivity (Wildman–Crippen MR) is 405 cm³/mol. The summed E-state index contributed by atoms with van der Waals surface area (Å²) in [7, 11) is -9.91. The molecule has 5 atom stereocenters. The maximum Gasteiger partial charge on any atom is 0.472 e. The summed E-state index contributed by atoms with van der Waals surface area (Å²) in [6.45, 7) is 4.98. The Bertz CT molecular complexity index is 1880. The van der Waals surface area contributed by atoms with Crippen LogP contribution in [0.1, 0.15) is 432 Å². The molecule has 0 aromatic carbocycles. The van der Waals surface area contributed by atoms with Gasteiger partial charge in [0.05, 0.1) is 26.4 Å². The van der Waals surface area contributed by atoms with Crippen LogP contribution in [0.4, 0.5) is 0 Å². The molecule has 0 saturated heterocycles. The van der Waals surface area contributed by atoms with Gasteiger partial charge in [-0.3, -0.25) is 37.3 Å². The number of carbonyl (C=O) groups excluding carboxylic acids is 4. The molecule has 0 radical (unpaired) electrons. The van der Waals surface area contributed by atoms with Crippen LogP contribution in [0.3, 0.4) is 0 Å². The lowest BCUT2D eigenvalue weighted by Crippen LogP contribution is -2.30. The van der Waals surface area contributed by atoms with Gasteiger partial charge in [0.25, 0.3) is 0 Å². The van der Waals surface area contributed by atoms with Gasteiger partial charge in [0.2, 0.25) is 0 Å². The molecule has 0 aliphatic heterocycles. The molecule has 99 heavy (non-hydrogen) atoms. The number of phosphoric acid groups is 2. The first kappa shape index (κ1) is 97.1. The van der Waals surface area contributed by atoms with E-state index in [1.165, 1.54) is 250 Å². The molecule has 17 nitrogen and oxygen atoms in total. The average Bonchev–Trinajstić information content (AvgIpc) is 0.976. The molecule has 3 N–H and O–H groups in total. The van der Waals surface area contributed by atoms with Crippen molar-refractivity contribution >= 4 is 39.5 Å². The fourth-order valence-corrected chi connectivity index (χ4v) is 14.0. The van der Waals surface area contributed by atoms with Crippen LogP contribution in [-0.2, 0) is 65.4 Å². The van der Waals surface area contributed by atoms with E-state index in [1.54, 1.807) is 0 Å². The van der Waals surface area contributed by atoms with Crippen LogP contribution in [0, 0.1) is 0 Å². The molecule has 0 rings (SSSR count). The lowest BCUT2D eigenvalue weighted by atomic mass is 10.0. The van der Waals surface area contributed by atoms with Crippen LogP contribution in [0.5, 0.6) is 0 Å². The molecule has 0 aliphatic carbocycles. The molecule has 588 valence electrons. The Kier molecular flexibility index (Phi) is 72.9. The standard InChI is InChI=1S/C80H156O17P2/c1-5-9-13-17-21-24-27-30-33-35-37-39-41-44-46-49-53-57-61-65-78(83)91-71-76(97-80(85)67-63-59-55-51-48-45-42-40-38-36-34-31-28-25-22-18-14-10-6-2)73-95-99(88,89)93-69-74(81)68-92-98(86,87)94-72-75(70-90-77(82)64-60-56-52-20-16-12-8-4)96-79(84)66-62-58-54-50-47-43-32-29-26-23-19-15-11-7-3/h74-76,81H,5-73H2,1-4H3,(H,86,87)(H,88,89)/t74-,75+,76+/m0/s1. The summed E-state index contributed by atoms with van der Waals surface area (Å²) in [5.41, 5.74) is 0. The number of phosphoric ester groups is 2. The summed E-state index contributed by atoms with van der Waals surface area (Å²) in [5, 5.41) is 10.6. The molecule has 0 saturated carbocycles. The summed E-state index contributed by atoms with van der Waals surface area (Å²) in [4.78, 5) is 72.8. The van der Waals surface area contributed by atoms with Crippen molar-refractivity contribution in [3.05, 3.63) is 0 Å². The van der Waals surface area contributed by atoms with Crippen LogP contribution in [0.15, 0.2) is 0 Å². The predicted octanol–water partition coefficient (Wildman–Crippen LogP) is 24.2. The third-order valence-electron chi connectivity index (χ3n) is 18.9. The molecule has 0 bridgehead atoms. The van der Waals surface area contributed by atoms with Gasteiger partial charge >= 0.3 is 39.5 Å². The number of ether oxygens (including phenoxy) is 4. The normalized spacial score (nSPS) is 13.8. The molecule has 2 unspecified atom stereocenters. The van der Waals surface area contributed by atoms with Gasteiger partial charge < -0.3 is 33.8 Å². The Morgan fingerprint density at radius 1 is 0.242 bits per heavy atom. The second kappa shape index (κ2) is 74.3. The van der Waals surface area contributed by atoms with E-state index in [2.05, 4.69) is 27.7 Å². The largest absolute Gasteiger partial charge is 0.472 e. The molecular formula is C80H156O17P2. The van der Waals surface area contributed by atoms with Crippen molar-refractivity contribution in [3.63, 3.8) is 0 Å². The van der Waals surface area contributed by atoms with E-state index >= 15 is 0 Å². The summed E-state index contributed by atoms with van der Waals surface area (Å²) < 4.78 is 68.6. The fraction of sp³-hybridized carbons (Fsp3) is 0.950. The van der Waals surface area contributed by atoms with Gasteiger partial charge in [0.1, 0.15) is 19.3 Å². The van der Waals surface area contributed by atoms with Gasteiger partial charge in [-0.1, -0.05) is 381 Å². The van der Waals surface area contributed by atoms with Crippen LogP contribution in [0.2, 0.25) is 0 Å². The van der Waals surface area contributed by atoms with Gasteiger partial charge in [-0.25, -0.2) is 9.13 Å². The first-order chi connectivity index (χ1) is 48.2. The van der Waals surface area contributed by atoms with Gasteiger partial charge in [-0.15, -0.1) is 0 Å². The Hall–Kier alpha value is -1.94. The number of aliphatic hydroxyl groups excluding tert-OH is 1. The van der Waals surface area contributed by atoms with Crippen LogP contribution in [-0.4, -0.2) is 96.7 Å². The van der Waals surface area contributed by atoms with Crippen molar-refractivity contribution in [2.45, 2.75) is 451 Å². The number of hydrogen-bond donors (Lipinski definition) is 3. The highest BCUT2D eigenvalue weighted by Gasteiger charge is 2.30. The topological polar surface area (TPSA) is 237 Å². The highest BCUT2D eigenvalue weighted by Crippen LogP contribution is 2.45. The SMILES string of the molecule is CCCCCCCCCCCCCCCCCCCCCC(=O)OC[C@H](COP(=O)(O)OC[C@@H](O)COP(=O)(O)OC[C@@H](COC(=O)CCCCCCCCC)OC(=O)CCCCCCCCCCCCCCCC)OC(=O)CCCCCCCCCCCCCCCCCCCCC. The molecular weight excluding hydrogens is 1290 g/mol. The second-order valence-corrected chi connectivity index (χ2v) is 31.7. The number of rotatable bonds is 81. The minimum absolute atomic E-state index is 0.108. The summed E-state index contributed by atoms with van der Waals surface area (Å²) in [6, 6.07) is 0. The minimum Gasteiger partial charge on any atom is -0.462 e. The van der Waals surface area contributed by atoms with Gasteiger partial charge in [0, 0.05) is 25.7 Å². The smallest absolute Gasteiger partial charge is 0.462 e. The molecule has 0 aromatic rings. The quantitative estimate of drug-likeness (QED) is 0.0222. The van der Waals surface area contributed by atoms with Gasteiger partial charge in [-0.2, -0.15) is 0 Å². The van der Waals surface area contributed by atoms with Crippen LogP contribution in [0.25, 0.3) is 0 Å². The highest BCUT2D eigenvalue weighted by molar-refractivity contribution is 7.47. The lowest BCUT2D eigenvalue weighted by Gasteiger charge is -2.21. The first-order valence-corrected chi connectivity index (χ1v) is 44.8. The van der Waals surface area contributed by atoms with Crippen LogP contribution >= 0.6 is 15.6 Å². The van der Waals surface area contributed by atoms with Crippen LogP contribution < -0.4 is 0 Å². The van der Waals surface area contributed by atoms with Crippen molar-refractivity contribution in [3.8, 4) is 0 Å². The minimum atomic E-state index is -4.96. The van der Waals surface area contributed by atoms with E-state index in [9.17, 15) is 43.2 Å². The first-order valence-electron chi connectivity index (χ1n) is 41.8. The van der Waals surface area contributed by atoms with Gasteiger partial charge in [-0.05, 0) is 25.7 Å². The lowest BCUT2D eigenvalue weighted by molar-refractivity contribution is -0.161. The van der Waals surface area contributed by atoms with E-state index in [4.69, 9.17) is 37.0 Å². The molecule has 0 spiro atoms. The van der Waals surface area contributed by atoms with Crippen molar-refractivity contribution in [1.82, 2.24) is 0 Å². The zero-order valence-corrected chi connectivity index (χ0v) is 66.3. The Balaban J connectivity index is 5.17. The third-order valence-corrected chi connectivity index (χ3v) is 20.8. The Labute approximate surface area is 607 Å². The van der Waals surface area contributed by atoms with Crippen molar-refractivity contribution in [2.24, 2.45) is 0 Å².